The number of hydrogen-bond acceptors (Lipinski definition) is 6. The zero-order chi connectivity index (χ0) is 16.8. The molecule has 1 heterocycles. The predicted molar refractivity (Wildman–Crippen MR) is 90.2 cm³/mol. The number of rotatable bonds is 6. The molecule has 0 saturated carbocycles. The number of methoxy groups -OCH3 is 3. The summed E-state index contributed by atoms with van der Waals surface area (Å²) in [5.41, 5.74) is 3.82. The van der Waals surface area contributed by atoms with Gasteiger partial charge in [0.1, 0.15) is 0 Å². The molecule has 122 valence electrons. The minimum atomic E-state index is -0.367. The van der Waals surface area contributed by atoms with Crippen LogP contribution in [0.2, 0.25) is 0 Å². The van der Waals surface area contributed by atoms with E-state index in [1.807, 2.05) is 18.4 Å². The molecule has 0 unspecified atom stereocenters. The SMILES string of the molecule is COc1cc(C(=O)N/N=C/c2ccsc2C)cc(OC)c1OC. The molecule has 7 heteroatoms. The Labute approximate surface area is 138 Å². The van der Waals surface area contributed by atoms with Crippen LogP contribution in [0.1, 0.15) is 20.8 Å². The maximum atomic E-state index is 12.2. The van der Waals surface area contributed by atoms with Crippen LogP contribution in [0.4, 0.5) is 0 Å². The van der Waals surface area contributed by atoms with Gasteiger partial charge >= 0.3 is 0 Å². The van der Waals surface area contributed by atoms with Crippen LogP contribution in [0, 0.1) is 6.92 Å². The van der Waals surface area contributed by atoms with Crippen molar-refractivity contribution in [2.24, 2.45) is 5.10 Å². The predicted octanol–water partition coefficient (Wildman–Crippen LogP) is 2.85. The van der Waals surface area contributed by atoms with Gasteiger partial charge in [0.05, 0.1) is 27.5 Å². The Morgan fingerprint density at radius 2 is 1.83 bits per heavy atom. The number of thiophene rings is 1. The van der Waals surface area contributed by atoms with E-state index in [0.717, 1.165) is 10.4 Å². The highest BCUT2D eigenvalue weighted by molar-refractivity contribution is 7.10. The van der Waals surface area contributed by atoms with Crippen molar-refractivity contribution in [1.82, 2.24) is 5.43 Å². The van der Waals surface area contributed by atoms with Crippen molar-refractivity contribution in [2.75, 3.05) is 21.3 Å². The lowest BCUT2D eigenvalue weighted by molar-refractivity contribution is 0.0954. The number of nitrogens with one attached hydrogen (secondary N) is 1. The van der Waals surface area contributed by atoms with Crippen molar-refractivity contribution < 1.29 is 19.0 Å². The van der Waals surface area contributed by atoms with E-state index in [4.69, 9.17) is 14.2 Å². The summed E-state index contributed by atoms with van der Waals surface area (Å²) in [7, 11) is 4.50. The van der Waals surface area contributed by atoms with Gasteiger partial charge in [0.2, 0.25) is 5.75 Å². The summed E-state index contributed by atoms with van der Waals surface area (Å²) < 4.78 is 15.7. The Morgan fingerprint density at radius 1 is 1.17 bits per heavy atom. The number of hydrogen-bond donors (Lipinski definition) is 1. The molecule has 0 aliphatic heterocycles. The normalized spacial score (nSPS) is 10.6. The summed E-state index contributed by atoms with van der Waals surface area (Å²) in [6.45, 7) is 1.99. The molecule has 0 fully saturated rings. The van der Waals surface area contributed by atoms with Gasteiger partial charge in [0, 0.05) is 16.0 Å². The molecule has 0 spiro atoms. The fraction of sp³-hybridized carbons (Fsp3) is 0.250. The van der Waals surface area contributed by atoms with E-state index < -0.39 is 0 Å². The van der Waals surface area contributed by atoms with Crippen LogP contribution in [-0.4, -0.2) is 33.5 Å². The van der Waals surface area contributed by atoms with E-state index in [1.54, 1.807) is 29.7 Å². The zero-order valence-corrected chi connectivity index (χ0v) is 14.2. The first kappa shape index (κ1) is 16.8. The molecule has 1 amide bonds. The van der Waals surface area contributed by atoms with Crippen LogP contribution in [-0.2, 0) is 0 Å². The number of nitrogens with zero attached hydrogens (tertiary/aromatic N) is 1. The van der Waals surface area contributed by atoms with E-state index in [1.165, 1.54) is 21.3 Å². The Bertz CT molecular complexity index is 700. The summed E-state index contributed by atoms with van der Waals surface area (Å²) in [6, 6.07) is 5.08. The number of amides is 1. The average Bonchev–Trinajstić information content (AvgIpc) is 2.98. The quantitative estimate of drug-likeness (QED) is 0.651. The van der Waals surface area contributed by atoms with Crippen molar-refractivity contribution in [3.8, 4) is 17.2 Å². The molecule has 0 bridgehead atoms. The van der Waals surface area contributed by atoms with Gasteiger partial charge in [-0.15, -0.1) is 11.3 Å². The third-order valence-corrected chi connectivity index (χ3v) is 4.06. The third kappa shape index (κ3) is 3.81. The number of aryl methyl sites for hydroxylation is 1. The maximum Gasteiger partial charge on any atom is 0.271 e. The summed E-state index contributed by atoms with van der Waals surface area (Å²) in [4.78, 5) is 13.4. The fourth-order valence-electron chi connectivity index (χ4n) is 1.97. The van der Waals surface area contributed by atoms with Crippen molar-refractivity contribution in [2.45, 2.75) is 6.92 Å². The first-order valence-electron chi connectivity index (χ1n) is 6.78. The van der Waals surface area contributed by atoms with Crippen molar-refractivity contribution in [3.05, 3.63) is 39.6 Å². The molecule has 0 radical (unpaired) electrons. The monoisotopic (exact) mass is 334 g/mol. The van der Waals surface area contributed by atoms with E-state index in [-0.39, 0.29) is 5.91 Å². The smallest absolute Gasteiger partial charge is 0.271 e. The van der Waals surface area contributed by atoms with Gasteiger partial charge < -0.3 is 14.2 Å². The van der Waals surface area contributed by atoms with Crippen LogP contribution in [0.5, 0.6) is 17.2 Å². The van der Waals surface area contributed by atoms with E-state index >= 15 is 0 Å². The Morgan fingerprint density at radius 3 is 2.30 bits per heavy atom. The first-order chi connectivity index (χ1) is 11.1. The number of carbonyl (C=O) groups is 1. The number of carbonyl (C=O) groups excluding carboxylic acids is 1. The molecule has 6 nitrogen and oxygen atoms in total. The second kappa shape index (κ2) is 7.64. The third-order valence-electron chi connectivity index (χ3n) is 3.20. The lowest BCUT2D eigenvalue weighted by Gasteiger charge is -2.13. The van der Waals surface area contributed by atoms with Crippen LogP contribution < -0.4 is 19.6 Å². The van der Waals surface area contributed by atoms with E-state index in [0.29, 0.717) is 22.8 Å². The molecule has 0 aliphatic rings. The minimum Gasteiger partial charge on any atom is -0.493 e. The van der Waals surface area contributed by atoms with Gasteiger partial charge in [0.15, 0.2) is 11.5 Å². The first-order valence-corrected chi connectivity index (χ1v) is 7.66. The molecule has 23 heavy (non-hydrogen) atoms. The minimum absolute atomic E-state index is 0.360. The maximum absolute atomic E-state index is 12.2. The average molecular weight is 334 g/mol. The van der Waals surface area contributed by atoms with Crippen LogP contribution >= 0.6 is 11.3 Å². The second-order valence-corrected chi connectivity index (χ2v) is 5.67. The summed E-state index contributed by atoms with van der Waals surface area (Å²) in [5, 5.41) is 5.94. The fourth-order valence-corrected chi connectivity index (χ4v) is 2.64. The van der Waals surface area contributed by atoms with Gasteiger partial charge in [-0.05, 0) is 30.5 Å². The van der Waals surface area contributed by atoms with Gasteiger partial charge in [-0.3, -0.25) is 4.79 Å². The van der Waals surface area contributed by atoms with Crippen LogP contribution in [0.25, 0.3) is 0 Å². The molecule has 0 aliphatic carbocycles. The Hall–Kier alpha value is -2.54. The van der Waals surface area contributed by atoms with Gasteiger partial charge in [0.25, 0.3) is 5.91 Å². The second-order valence-electron chi connectivity index (χ2n) is 4.55. The van der Waals surface area contributed by atoms with Crippen molar-refractivity contribution in [1.29, 1.82) is 0 Å². The molecule has 1 N–H and O–H groups in total. The highest BCUT2D eigenvalue weighted by atomic mass is 32.1. The Balaban J connectivity index is 2.19. The standard InChI is InChI=1S/C16H18N2O4S/c1-10-11(5-6-23-10)9-17-18-16(19)12-7-13(20-2)15(22-4)14(8-12)21-3/h5-9H,1-4H3,(H,18,19)/b17-9+. The molecular weight excluding hydrogens is 316 g/mol. The molecule has 0 saturated heterocycles. The van der Waals surface area contributed by atoms with Gasteiger partial charge in [-0.2, -0.15) is 5.10 Å². The highest BCUT2D eigenvalue weighted by Gasteiger charge is 2.16. The van der Waals surface area contributed by atoms with Crippen molar-refractivity contribution >= 4 is 23.5 Å². The molecule has 2 aromatic rings. The zero-order valence-electron chi connectivity index (χ0n) is 13.4. The summed E-state index contributed by atoms with van der Waals surface area (Å²) in [5.74, 6) is 0.890. The van der Waals surface area contributed by atoms with Gasteiger partial charge in [-0.25, -0.2) is 5.43 Å². The molecule has 1 aromatic carbocycles. The topological polar surface area (TPSA) is 69.2 Å². The summed E-state index contributed by atoms with van der Waals surface area (Å²) in [6.07, 6.45) is 1.61. The van der Waals surface area contributed by atoms with Crippen LogP contribution in [0.15, 0.2) is 28.7 Å². The number of benzene rings is 1. The molecule has 1 aromatic heterocycles. The highest BCUT2D eigenvalue weighted by Crippen LogP contribution is 2.38. The largest absolute Gasteiger partial charge is 0.493 e. The molecular formula is C16H18N2O4S. The van der Waals surface area contributed by atoms with Crippen molar-refractivity contribution in [3.63, 3.8) is 0 Å². The van der Waals surface area contributed by atoms with Crippen LogP contribution in [0.3, 0.4) is 0 Å². The molecule has 2 rings (SSSR count). The van der Waals surface area contributed by atoms with E-state index in [2.05, 4.69) is 10.5 Å². The number of ether oxygens (including phenoxy) is 3. The lowest BCUT2D eigenvalue weighted by atomic mass is 10.1. The molecule has 0 atom stereocenters. The lowest BCUT2D eigenvalue weighted by Crippen LogP contribution is -2.18. The summed E-state index contributed by atoms with van der Waals surface area (Å²) >= 11 is 1.62. The van der Waals surface area contributed by atoms with E-state index in [9.17, 15) is 4.79 Å². The van der Waals surface area contributed by atoms with Gasteiger partial charge in [-0.1, -0.05) is 0 Å². The Kier molecular flexibility index (Phi) is 5.59. The number of hydrazone groups is 1.